The highest BCUT2D eigenvalue weighted by Crippen LogP contribution is 2.35. The monoisotopic (exact) mass is 196 g/mol. The Balaban J connectivity index is 1.70. The van der Waals surface area contributed by atoms with Crippen LogP contribution in [0.15, 0.2) is 0 Å². The van der Waals surface area contributed by atoms with Crippen molar-refractivity contribution >= 4 is 5.91 Å². The van der Waals surface area contributed by atoms with E-state index in [-0.39, 0.29) is 11.4 Å². The van der Waals surface area contributed by atoms with Gasteiger partial charge in [0, 0.05) is 18.0 Å². The van der Waals surface area contributed by atoms with Gasteiger partial charge in [0.2, 0.25) is 5.91 Å². The fourth-order valence-electron chi connectivity index (χ4n) is 2.18. The van der Waals surface area contributed by atoms with Gasteiger partial charge >= 0.3 is 0 Å². The lowest BCUT2D eigenvalue weighted by Crippen LogP contribution is -2.39. The number of amides is 1. The van der Waals surface area contributed by atoms with Crippen molar-refractivity contribution in [3.8, 4) is 0 Å². The van der Waals surface area contributed by atoms with Crippen LogP contribution >= 0.6 is 0 Å². The van der Waals surface area contributed by atoms with E-state index in [0.717, 1.165) is 25.7 Å². The molecule has 14 heavy (non-hydrogen) atoms. The predicted octanol–water partition coefficient (Wildman–Crippen LogP) is 1.32. The summed E-state index contributed by atoms with van der Waals surface area (Å²) in [6.07, 6.45) is 8.73. The van der Waals surface area contributed by atoms with Crippen molar-refractivity contribution in [1.82, 2.24) is 5.32 Å². The Morgan fingerprint density at radius 2 is 1.93 bits per heavy atom. The van der Waals surface area contributed by atoms with E-state index in [1.165, 1.54) is 19.3 Å². The molecule has 0 aromatic heterocycles. The smallest absolute Gasteiger partial charge is 0.222 e. The van der Waals surface area contributed by atoms with Crippen LogP contribution in [0.4, 0.5) is 0 Å². The first-order valence-electron chi connectivity index (χ1n) is 5.76. The van der Waals surface area contributed by atoms with E-state index in [1.807, 2.05) is 0 Å². The molecule has 2 rings (SSSR count). The number of hydrogen-bond donors (Lipinski definition) is 2. The van der Waals surface area contributed by atoms with Gasteiger partial charge in [-0.1, -0.05) is 19.3 Å². The average Bonchev–Trinajstić information content (AvgIpc) is 2.84. The van der Waals surface area contributed by atoms with Crippen molar-refractivity contribution in [1.29, 1.82) is 0 Å². The SMILES string of the molecule is NC1(CC(=O)NC2CCCCC2)CC1. The van der Waals surface area contributed by atoms with E-state index in [1.54, 1.807) is 0 Å². The largest absolute Gasteiger partial charge is 0.353 e. The molecule has 0 atom stereocenters. The molecule has 0 aliphatic heterocycles. The van der Waals surface area contributed by atoms with Gasteiger partial charge < -0.3 is 11.1 Å². The number of carbonyl (C=O) groups is 1. The van der Waals surface area contributed by atoms with E-state index < -0.39 is 0 Å². The second kappa shape index (κ2) is 3.89. The van der Waals surface area contributed by atoms with Crippen LogP contribution in [0.5, 0.6) is 0 Å². The summed E-state index contributed by atoms with van der Waals surface area (Å²) >= 11 is 0. The van der Waals surface area contributed by atoms with Gasteiger partial charge in [0.1, 0.15) is 0 Å². The van der Waals surface area contributed by atoms with E-state index in [9.17, 15) is 4.79 Å². The van der Waals surface area contributed by atoms with Crippen LogP contribution in [0.25, 0.3) is 0 Å². The van der Waals surface area contributed by atoms with Gasteiger partial charge in [-0.2, -0.15) is 0 Å². The fourth-order valence-corrected chi connectivity index (χ4v) is 2.18. The van der Waals surface area contributed by atoms with Crippen molar-refractivity contribution < 1.29 is 4.79 Å². The number of rotatable bonds is 3. The van der Waals surface area contributed by atoms with Gasteiger partial charge in [-0.3, -0.25) is 4.79 Å². The summed E-state index contributed by atoms with van der Waals surface area (Å²) < 4.78 is 0. The number of nitrogens with one attached hydrogen (secondary N) is 1. The lowest BCUT2D eigenvalue weighted by atomic mass is 9.95. The molecule has 2 aliphatic carbocycles. The minimum atomic E-state index is -0.140. The molecular weight excluding hydrogens is 176 g/mol. The summed E-state index contributed by atoms with van der Waals surface area (Å²) in [4.78, 5) is 11.6. The summed E-state index contributed by atoms with van der Waals surface area (Å²) in [5.41, 5.74) is 5.75. The van der Waals surface area contributed by atoms with Crippen LogP contribution in [0.3, 0.4) is 0 Å². The fraction of sp³-hybridized carbons (Fsp3) is 0.909. The summed E-state index contributed by atoms with van der Waals surface area (Å²) in [5.74, 6) is 0.164. The predicted molar refractivity (Wildman–Crippen MR) is 55.8 cm³/mol. The van der Waals surface area contributed by atoms with Crippen LogP contribution < -0.4 is 11.1 Å². The molecule has 2 saturated carbocycles. The molecule has 0 aromatic carbocycles. The van der Waals surface area contributed by atoms with Crippen LogP contribution in [-0.4, -0.2) is 17.5 Å². The van der Waals surface area contributed by atoms with Crippen molar-refractivity contribution in [2.75, 3.05) is 0 Å². The zero-order chi connectivity index (χ0) is 10.0. The molecule has 0 saturated heterocycles. The normalized spacial score (nSPS) is 25.8. The molecule has 2 aliphatic rings. The molecule has 0 aromatic rings. The van der Waals surface area contributed by atoms with Gasteiger partial charge in [-0.15, -0.1) is 0 Å². The van der Waals surface area contributed by atoms with Crippen LogP contribution in [0.2, 0.25) is 0 Å². The first-order chi connectivity index (χ1) is 6.68. The highest BCUT2D eigenvalue weighted by atomic mass is 16.1. The number of carbonyl (C=O) groups excluding carboxylic acids is 1. The van der Waals surface area contributed by atoms with Crippen molar-refractivity contribution in [2.45, 2.75) is 62.9 Å². The minimum absolute atomic E-state index is 0.140. The molecule has 0 radical (unpaired) electrons. The van der Waals surface area contributed by atoms with Crippen molar-refractivity contribution in [3.63, 3.8) is 0 Å². The second-order valence-electron chi connectivity index (χ2n) is 4.94. The van der Waals surface area contributed by atoms with Crippen molar-refractivity contribution in [3.05, 3.63) is 0 Å². The summed E-state index contributed by atoms with van der Waals surface area (Å²) in [5, 5.41) is 3.10. The van der Waals surface area contributed by atoms with Gasteiger partial charge in [0.05, 0.1) is 0 Å². The van der Waals surface area contributed by atoms with Crippen LogP contribution in [0.1, 0.15) is 51.4 Å². The second-order valence-corrected chi connectivity index (χ2v) is 4.94. The standard InChI is InChI=1S/C11H20N2O/c12-11(6-7-11)8-10(14)13-9-4-2-1-3-5-9/h9H,1-8,12H2,(H,13,14). The van der Waals surface area contributed by atoms with Gasteiger partial charge in [0.15, 0.2) is 0 Å². The Morgan fingerprint density at radius 1 is 1.29 bits per heavy atom. The zero-order valence-corrected chi connectivity index (χ0v) is 8.72. The molecule has 0 spiro atoms. The first kappa shape index (κ1) is 9.97. The quantitative estimate of drug-likeness (QED) is 0.715. The Morgan fingerprint density at radius 3 is 2.50 bits per heavy atom. The number of nitrogens with two attached hydrogens (primary N) is 1. The lowest BCUT2D eigenvalue weighted by Gasteiger charge is -2.23. The Labute approximate surface area is 85.4 Å². The zero-order valence-electron chi connectivity index (χ0n) is 8.72. The highest BCUT2D eigenvalue weighted by Gasteiger charge is 2.40. The topological polar surface area (TPSA) is 55.1 Å². The maximum Gasteiger partial charge on any atom is 0.222 e. The first-order valence-corrected chi connectivity index (χ1v) is 5.76. The third-order valence-corrected chi connectivity index (χ3v) is 3.38. The van der Waals surface area contributed by atoms with E-state index in [4.69, 9.17) is 5.73 Å². The van der Waals surface area contributed by atoms with E-state index in [2.05, 4.69) is 5.32 Å². The Bertz CT molecular complexity index is 217. The third kappa shape index (κ3) is 2.71. The van der Waals surface area contributed by atoms with Gasteiger partial charge in [-0.25, -0.2) is 0 Å². The molecule has 2 fully saturated rings. The molecule has 3 nitrogen and oxygen atoms in total. The van der Waals surface area contributed by atoms with E-state index in [0.29, 0.717) is 12.5 Å². The third-order valence-electron chi connectivity index (χ3n) is 3.38. The van der Waals surface area contributed by atoms with Gasteiger partial charge in [-0.05, 0) is 25.7 Å². The van der Waals surface area contributed by atoms with Crippen molar-refractivity contribution in [2.24, 2.45) is 5.73 Å². The van der Waals surface area contributed by atoms with E-state index >= 15 is 0 Å². The average molecular weight is 196 g/mol. The maximum absolute atomic E-state index is 11.6. The van der Waals surface area contributed by atoms with Gasteiger partial charge in [0.25, 0.3) is 0 Å². The molecular formula is C11H20N2O. The Kier molecular flexibility index (Phi) is 2.77. The maximum atomic E-state index is 11.6. The highest BCUT2D eigenvalue weighted by molar-refractivity contribution is 5.78. The minimum Gasteiger partial charge on any atom is -0.353 e. The summed E-state index contributed by atoms with van der Waals surface area (Å²) in [6.45, 7) is 0. The molecule has 1 amide bonds. The van der Waals surface area contributed by atoms with Crippen LogP contribution in [0, 0.1) is 0 Å². The molecule has 0 bridgehead atoms. The van der Waals surface area contributed by atoms with Crippen LogP contribution in [-0.2, 0) is 4.79 Å². The Hall–Kier alpha value is -0.570. The molecule has 0 heterocycles. The molecule has 80 valence electrons. The number of hydrogen-bond acceptors (Lipinski definition) is 2. The lowest BCUT2D eigenvalue weighted by molar-refractivity contribution is -0.122. The molecule has 0 unspecified atom stereocenters. The molecule has 3 heteroatoms. The summed E-state index contributed by atoms with van der Waals surface area (Å²) in [7, 11) is 0. The molecule has 3 N–H and O–H groups in total. The summed E-state index contributed by atoms with van der Waals surface area (Å²) in [6, 6.07) is 0.429.